The second-order valence-corrected chi connectivity index (χ2v) is 6.85. The molecule has 0 unspecified atom stereocenters. The molecule has 3 amide bonds. The van der Waals surface area contributed by atoms with E-state index in [9.17, 15) is 9.59 Å². The molecule has 0 aliphatic heterocycles. The Bertz CT molecular complexity index is 707. The molecule has 2 aromatic heterocycles. The van der Waals surface area contributed by atoms with Gasteiger partial charge < -0.3 is 20.9 Å². The third kappa shape index (κ3) is 3.73. The molecule has 24 heavy (non-hydrogen) atoms. The Hall–Kier alpha value is -2.42. The molecular weight excluding hydrogens is 330 g/mol. The summed E-state index contributed by atoms with van der Waals surface area (Å²) in [5.74, 6) is 0.390. The second kappa shape index (κ2) is 7.00. The number of hydrogen-bond donors (Lipinski definition) is 3. The predicted octanol–water partition coefficient (Wildman–Crippen LogP) is 1.32. The summed E-state index contributed by atoms with van der Waals surface area (Å²) in [5.41, 5.74) is 4.49. The summed E-state index contributed by atoms with van der Waals surface area (Å²) in [6, 6.07) is 3.50. The summed E-state index contributed by atoms with van der Waals surface area (Å²) in [5, 5.41) is 11.2. The highest BCUT2D eigenvalue weighted by molar-refractivity contribution is 7.09. The van der Waals surface area contributed by atoms with E-state index in [4.69, 9.17) is 10.3 Å². The third-order valence-electron chi connectivity index (χ3n) is 4.10. The lowest BCUT2D eigenvalue weighted by Gasteiger charge is -2.26. The van der Waals surface area contributed by atoms with Crippen molar-refractivity contribution in [2.24, 2.45) is 5.73 Å². The molecule has 1 fully saturated rings. The van der Waals surface area contributed by atoms with Crippen molar-refractivity contribution in [3.8, 4) is 0 Å². The molecule has 128 valence electrons. The van der Waals surface area contributed by atoms with Gasteiger partial charge in [-0.2, -0.15) is 4.98 Å². The molecule has 4 N–H and O–H groups in total. The predicted molar refractivity (Wildman–Crippen MR) is 87.2 cm³/mol. The number of aromatic nitrogens is 2. The first-order valence-corrected chi connectivity index (χ1v) is 8.65. The molecule has 1 aliphatic carbocycles. The van der Waals surface area contributed by atoms with Gasteiger partial charge in [-0.1, -0.05) is 24.1 Å². The van der Waals surface area contributed by atoms with Gasteiger partial charge in [0, 0.05) is 11.3 Å². The molecule has 3 rings (SSSR count). The zero-order valence-electron chi connectivity index (χ0n) is 13.1. The molecule has 0 bridgehead atoms. The van der Waals surface area contributed by atoms with Crippen LogP contribution >= 0.6 is 11.3 Å². The van der Waals surface area contributed by atoms with E-state index in [0.29, 0.717) is 31.0 Å². The molecule has 8 nitrogen and oxygen atoms in total. The van der Waals surface area contributed by atoms with E-state index in [1.165, 1.54) is 0 Å². The summed E-state index contributed by atoms with van der Waals surface area (Å²) in [6.45, 7) is 0.0954. The fourth-order valence-corrected chi connectivity index (χ4v) is 3.53. The van der Waals surface area contributed by atoms with Crippen LogP contribution in [0.3, 0.4) is 0 Å². The number of primary amides is 1. The highest BCUT2D eigenvalue weighted by Crippen LogP contribution is 2.29. The lowest BCUT2D eigenvalue weighted by Crippen LogP contribution is -2.57. The smallest absolute Gasteiger partial charge is 0.316 e. The van der Waals surface area contributed by atoms with Gasteiger partial charge in [0.2, 0.25) is 11.8 Å². The number of nitrogens with zero attached hydrogens (tertiary/aromatic N) is 2. The average molecular weight is 349 g/mol. The Balaban J connectivity index is 1.51. The molecule has 2 heterocycles. The number of nitrogens with two attached hydrogens (primary N) is 1. The van der Waals surface area contributed by atoms with Crippen molar-refractivity contribution in [3.63, 3.8) is 0 Å². The Morgan fingerprint density at radius 2 is 2.17 bits per heavy atom. The Morgan fingerprint density at radius 1 is 1.38 bits per heavy atom. The molecule has 0 aromatic carbocycles. The maximum Gasteiger partial charge on any atom is 0.316 e. The topological polar surface area (TPSA) is 123 Å². The van der Waals surface area contributed by atoms with E-state index in [-0.39, 0.29) is 6.54 Å². The van der Waals surface area contributed by atoms with Crippen LogP contribution in [0.15, 0.2) is 22.0 Å². The van der Waals surface area contributed by atoms with Crippen molar-refractivity contribution in [3.05, 3.63) is 34.1 Å². The van der Waals surface area contributed by atoms with E-state index in [1.54, 1.807) is 11.3 Å². The van der Waals surface area contributed by atoms with Gasteiger partial charge in [0.05, 0.1) is 6.54 Å². The number of rotatable bonds is 6. The second-order valence-electron chi connectivity index (χ2n) is 5.82. The molecule has 0 atom stereocenters. The summed E-state index contributed by atoms with van der Waals surface area (Å²) >= 11 is 1.62. The first kappa shape index (κ1) is 16.4. The van der Waals surface area contributed by atoms with Crippen LogP contribution in [0.2, 0.25) is 0 Å². The van der Waals surface area contributed by atoms with Gasteiger partial charge in [-0.15, -0.1) is 11.3 Å². The van der Waals surface area contributed by atoms with Gasteiger partial charge in [-0.3, -0.25) is 4.79 Å². The van der Waals surface area contributed by atoms with E-state index in [0.717, 1.165) is 17.7 Å². The van der Waals surface area contributed by atoms with E-state index < -0.39 is 17.5 Å². The number of hydrogen-bond acceptors (Lipinski definition) is 6. The maximum absolute atomic E-state index is 12.0. The number of urea groups is 1. The zero-order valence-corrected chi connectivity index (χ0v) is 13.9. The van der Waals surface area contributed by atoms with Crippen molar-refractivity contribution in [2.45, 2.75) is 44.2 Å². The molecule has 1 saturated carbocycles. The Morgan fingerprint density at radius 3 is 2.83 bits per heavy atom. The van der Waals surface area contributed by atoms with Crippen LogP contribution in [0.4, 0.5) is 4.79 Å². The first-order chi connectivity index (χ1) is 11.6. The summed E-state index contributed by atoms with van der Waals surface area (Å²) < 4.78 is 5.12. The summed E-state index contributed by atoms with van der Waals surface area (Å²) in [4.78, 5) is 29.0. The monoisotopic (exact) mass is 349 g/mol. The van der Waals surface area contributed by atoms with Gasteiger partial charge in [-0.25, -0.2) is 4.79 Å². The number of nitrogens with one attached hydrogen (secondary N) is 2. The molecule has 0 spiro atoms. The average Bonchev–Trinajstić information content (AvgIpc) is 3.28. The van der Waals surface area contributed by atoms with Crippen molar-refractivity contribution >= 4 is 23.3 Å². The fraction of sp³-hybridized carbons (Fsp3) is 0.467. The largest absolute Gasteiger partial charge is 0.368 e. The molecule has 1 aliphatic rings. The minimum absolute atomic E-state index is 0.0954. The van der Waals surface area contributed by atoms with E-state index in [2.05, 4.69) is 20.8 Å². The van der Waals surface area contributed by atoms with Crippen LogP contribution in [0.25, 0.3) is 0 Å². The fourth-order valence-electron chi connectivity index (χ4n) is 2.83. The van der Waals surface area contributed by atoms with Gasteiger partial charge in [0.15, 0.2) is 5.82 Å². The van der Waals surface area contributed by atoms with Gasteiger partial charge >= 0.3 is 6.03 Å². The Labute approximate surface area is 142 Å². The van der Waals surface area contributed by atoms with Crippen LogP contribution in [-0.2, 0) is 17.8 Å². The lowest BCUT2D eigenvalue weighted by molar-refractivity contribution is -0.123. The standard InChI is InChI=1S/C15H19N5O3S/c16-13(21)15(5-1-2-6-15)19-14(22)17-9-12-18-11(20-23-12)8-10-4-3-7-24-10/h3-4,7H,1-2,5-6,8-9H2,(H2,16,21)(H2,17,19,22). The van der Waals surface area contributed by atoms with Gasteiger partial charge in [-0.05, 0) is 24.3 Å². The third-order valence-corrected chi connectivity index (χ3v) is 4.98. The molecule has 0 radical (unpaired) electrons. The highest BCUT2D eigenvalue weighted by Gasteiger charge is 2.40. The minimum atomic E-state index is -0.941. The van der Waals surface area contributed by atoms with Crippen LogP contribution in [0.5, 0.6) is 0 Å². The highest BCUT2D eigenvalue weighted by atomic mass is 32.1. The maximum atomic E-state index is 12.0. The lowest BCUT2D eigenvalue weighted by atomic mass is 9.97. The quantitative estimate of drug-likeness (QED) is 0.726. The molecule has 9 heteroatoms. The number of amides is 3. The number of thiophene rings is 1. The first-order valence-electron chi connectivity index (χ1n) is 7.77. The van der Waals surface area contributed by atoms with Crippen LogP contribution in [-0.4, -0.2) is 27.6 Å². The van der Waals surface area contributed by atoms with Crippen molar-refractivity contribution < 1.29 is 14.1 Å². The van der Waals surface area contributed by atoms with Crippen LogP contribution < -0.4 is 16.4 Å². The summed E-state index contributed by atoms with van der Waals surface area (Å²) in [7, 11) is 0. The minimum Gasteiger partial charge on any atom is -0.368 e. The van der Waals surface area contributed by atoms with Crippen LogP contribution in [0, 0.1) is 0 Å². The van der Waals surface area contributed by atoms with E-state index >= 15 is 0 Å². The molecular formula is C15H19N5O3S. The SMILES string of the molecule is NC(=O)C1(NC(=O)NCc2nc(Cc3cccs3)no2)CCCC1. The van der Waals surface area contributed by atoms with E-state index in [1.807, 2.05) is 17.5 Å². The van der Waals surface area contributed by atoms with Gasteiger partial charge in [0.25, 0.3) is 0 Å². The number of carbonyl (C=O) groups is 2. The van der Waals surface area contributed by atoms with Crippen molar-refractivity contribution in [2.75, 3.05) is 0 Å². The zero-order chi connectivity index (χ0) is 17.0. The normalized spacial score (nSPS) is 16.0. The molecule has 0 saturated heterocycles. The van der Waals surface area contributed by atoms with Crippen LogP contribution in [0.1, 0.15) is 42.3 Å². The summed E-state index contributed by atoms with van der Waals surface area (Å²) in [6.07, 6.45) is 3.48. The number of carbonyl (C=O) groups excluding carboxylic acids is 2. The Kier molecular flexibility index (Phi) is 4.79. The van der Waals surface area contributed by atoms with Crippen molar-refractivity contribution in [1.82, 2.24) is 20.8 Å². The van der Waals surface area contributed by atoms with Crippen molar-refractivity contribution in [1.29, 1.82) is 0 Å². The van der Waals surface area contributed by atoms with Gasteiger partial charge in [0.1, 0.15) is 5.54 Å². The molecule has 2 aromatic rings.